The molecule has 1 unspecified atom stereocenters. The molecule has 0 spiro atoms. The summed E-state index contributed by atoms with van der Waals surface area (Å²) in [5.74, 6) is 1.28. The SMILES string of the molecule is COc1ccc(C2CCCN2C(=O)/C=C/c2ccc(Oc3cccnc3)c(F)c2)c(OC)c1. The van der Waals surface area contributed by atoms with Gasteiger partial charge < -0.3 is 19.1 Å². The molecule has 0 aliphatic carbocycles. The van der Waals surface area contributed by atoms with E-state index in [1.165, 1.54) is 24.4 Å². The second-order valence-corrected chi connectivity index (χ2v) is 7.61. The first kappa shape index (κ1) is 22.3. The number of hydrogen-bond acceptors (Lipinski definition) is 5. The smallest absolute Gasteiger partial charge is 0.247 e. The molecule has 4 rings (SSSR count). The Morgan fingerprint density at radius 1 is 1.09 bits per heavy atom. The van der Waals surface area contributed by atoms with E-state index >= 15 is 0 Å². The average Bonchev–Trinajstić information content (AvgIpc) is 3.34. The predicted octanol–water partition coefficient (Wildman–Crippen LogP) is 5.41. The van der Waals surface area contributed by atoms with Gasteiger partial charge in [-0.1, -0.05) is 6.07 Å². The number of rotatable bonds is 7. The van der Waals surface area contributed by atoms with Crippen LogP contribution in [0.25, 0.3) is 6.08 Å². The monoisotopic (exact) mass is 448 g/mol. The van der Waals surface area contributed by atoms with Crippen LogP contribution >= 0.6 is 0 Å². The molecule has 1 aliphatic heterocycles. The van der Waals surface area contributed by atoms with Crippen molar-refractivity contribution in [3.63, 3.8) is 0 Å². The zero-order chi connectivity index (χ0) is 23.2. The number of methoxy groups -OCH3 is 2. The Bertz CT molecular complexity index is 1150. The fraction of sp³-hybridized carbons (Fsp3) is 0.231. The van der Waals surface area contributed by atoms with E-state index in [4.69, 9.17) is 14.2 Å². The number of amides is 1. The molecule has 2 aromatic carbocycles. The fourth-order valence-corrected chi connectivity index (χ4v) is 3.95. The molecule has 1 aromatic heterocycles. The molecular formula is C26H25FN2O4. The number of hydrogen-bond donors (Lipinski definition) is 0. The van der Waals surface area contributed by atoms with E-state index in [9.17, 15) is 9.18 Å². The number of pyridine rings is 1. The van der Waals surface area contributed by atoms with Crippen molar-refractivity contribution in [2.45, 2.75) is 18.9 Å². The third-order valence-corrected chi connectivity index (χ3v) is 5.57. The van der Waals surface area contributed by atoms with Crippen molar-refractivity contribution in [3.8, 4) is 23.0 Å². The summed E-state index contributed by atoms with van der Waals surface area (Å²) < 4.78 is 30.8. The molecule has 0 bridgehead atoms. The third kappa shape index (κ3) is 5.14. The van der Waals surface area contributed by atoms with Crippen LogP contribution < -0.4 is 14.2 Å². The van der Waals surface area contributed by atoms with Crippen LogP contribution in [0, 0.1) is 5.82 Å². The third-order valence-electron chi connectivity index (χ3n) is 5.57. The molecule has 0 N–H and O–H groups in total. The number of benzene rings is 2. The molecule has 3 aromatic rings. The first-order chi connectivity index (χ1) is 16.1. The minimum Gasteiger partial charge on any atom is -0.497 e. The maximum absolute atomic E-state index is 14.5. The van der Waals surface area contributed by atoms with Crippen molar-refractivity contribution in [1.29, 1.82) is 0 Å². The van der Waals surface area contributed by atoms with Crippen LogP contribution in [0.2, 0.25) is 0 Å². The molecule has 0 saturated carbocycles. The molecule has 1 atom stereocenters. The van der Waals surface area contributed by atoms with Crippen LogP contribution in [0.4, 0.5) is 4.39 Å². The summed E-state index contributed by atoms with van der Waals surface area (Å²) in [5, 5.41) is 0. The lowest BCUT2D eigenvalue weighted by Gasteiger charge is -2.25. The van der Waals surface area contributed by atoms with Gasteiger partial charge in [-0.25, -0.2) is 4.39 Å². The fourth-order valence-electron chi connectivity index (χ4n) is 3.95. The summed E-state index contributed by atoms with van der Waals surface area (Å²) in [7, 11) is 3.21. The minimum atomic E-state index is -0.518. The second kappa shape index (κ2) is 10.2. The summed E-state index contributed by atoms with van der Waals surface area (Å²) in [6.45, 7) is 0.648. The first-order valence-electron chi connectivity index (χ1n) is 10.7. The lowest BCUT2D eigenvalue weighted by molar-refractivity contribution is -0.126. The molecule has 0 radical (unpaired) electrons. The van der Waals surface area contributed by atoms with E-state index in [-0.39, 0.29) is 17.7 Å². The van der Waals surface area contributed by atoms with Gasteiger partial charge >= 0.3 is 0 Å². The summed E-state index contributed by atoms with van der Waals surface area (Å²) in [5.41, 5.74) is 1.51. The van der Waals surface area contributed by atoms with Crippen LogP contribution in [0.3, 0.4) is 0 Å². The lowest BCUT2D eigenvalue weighted by Crippen LogP contribution is -2.29. The standard InChI is InChI=1S/C26H25FN2O4/c1-31-19-9-10-21(25(16-19)32-2)23-6-4-14-29(23)26(30)12-8-18-7-11-24(22(27)15-18)33-20-5-3-13-28-17-20/h3,5,7-13,15-17,23H,4,6,14H2,1-2H3/b12-8+. The van der Waals surface area contributed by atoms with Gasteiger partial charge in [0, 0.05) is 30.4 Å². The molecule has 2 heterocycles. The number of halogens is 1. The van der Waals surface area contributed by atoms with E-state index in [0.29, 0.717) is 29.4 Å². The topological polar surface area (TPSA) is 60.9 Å². The van der Waals surface area contributed by atoms with E-state index in [1.807, 2.05) is 23.1 Å². The molecule has 1 saturated heterocycles. The van der Waals surface area contributed by atoms with Crippen LogP contribution in [0.15, 0.2) is 67.0 Å². The maximum atomic E-state index is 14.5. The highest BCUT2D eigenvalue weighted by molar-refractivity contribution is 5.92. The number of carbonyl (C=O) groups excluding carboxylic acids is 1. The number of nitrogens with zero attached hydrogens (tertiary/aromatic N) is 2. The van der Waals surface area contributed by atoms with E-state index in [0.717, 1.165) is 18.4 Å². The van der Waals surface area contributed by atoms with Gasteiger partial charge in [0.25, 0.3) is 0 Å². The quantitative estimate of drug-likeness (QED) is 0.453. The lowest BCUT2D eigenvalue weighted by atomic mass is 10.0. The summed E-state index contributed by atoms with van der Waals surface area (Å²) in [4.78, 5) is 18.7. The molecule has 1 fully saturated rings. The van der Waals surface area contributed by atoms with Crippen molar-refractivity contribution < 1.29 is 23.4 Å². The number of ether oxygens (including phenoxy) is 3. The zero-order valence-electron chi connectivity index (χ0n) is 18.5. The van der Waals surface area contributed by atoms with Crippen LogP contribution in [-0.4, -0.2) is 36.6 Å². The van der Waals surface area contributed by atoms with Crippen molar-refractivity contribution in [3.05, 3.63) is 83.9 Å². The Morgan fingerprint density at radius 3 is 2.70 bits per heavy atom. The minimum absolute atomic E-state index is 0.0880. The van der Waals surface area contributed by atoms with Crippen LogP contribution in [-0.2, 0) is 4.79 Å². The van der Waals surface area contributed by atoms with Gasteiger partial charge in [0.05, 0.1) is 26.5 Å². The Labute approximate surface area is 192 Å². The second-order valence-electron chi connectivity index (χ2n) is 7.61. The maximum Gasteiger partial charge on any atom is 0.247 e. The molecule has 1 amide bonds. The van der Waals surface area contributed by atoms with E-state index < -0.39 is 5.82 Å². The van der Waals surface area contributed by atoms with E-state index in [1.54, 1.807) is 44.7 Å². The summed E-state index contributed by atoms with van der Waals surface area (Å²) in [6, 6.07) is 13.5. The van der Waals surface area contributed by atoms with Crippen molar-refractivity contribution in [2.24, 2.45) is 0 Å². The summed E-state index contributed by atoms with van der Waals surface area (Å²) >= 11 is 0. The average molecular weight is 448 g/mol. The van der Waals surface area contributed by atoms with Crippen molar-refractivity contribution in [1.82, 2.24) is 9.88 Å². The Hall–Kier alpha value is -3.87. The summed E-state index contributed by atoms with van der Waals surface area (Å²) in [6.07, 6.45) is 7.95. The van der Waals surface area contributed by atoms with Crippen LogP contribution in [0.5, 0.6) is 23.0 Å². The van der Waals surface area contributed by atoms with Gasteiger partial charge in [-0.15, -0.1) is 0 Å². The Kier molecular flexibility index (Phi) is 6.88. The Balaban J connectivity index is 1.47. The molecule has 6 nitrogen and oxygen atoms in total. The number of aromatic nitrogens is 1. The highest BCUT2D eigenvalue weighted by atomic mass is 19.1. The largest absolute Gasteiger partial charge is 0.497 e. The highest BCUT2D eigenvalue weighted by Crippen LogP contribution is 2.38. The van der Waals surface area contributed by atoms with Gasteiger partial charge in [0.1, 0.15) is 17.2 Å². The molecule has 1 aliphatic rings. The molecule has 33 heavy (non-hydrogen) atoms. The van der Waals surface area contributed by atoms with Gasteiger partial charge in [-0.2, -0.15) is 0 Å². The van der Waals surface area contributed by atoms with Gasteiger partial charge in [-0.05, 0) is 60.9 Å². The van der Waals surface area contributed by atoms with Crippen molar-refractivity contribution in [2.75, 3.05) is 20.8 Å². The van der Waals surface area contributed by atoms with Crippen LogP contribution in [0.1, 0.15) is 30.0 Å². The normalized spacial score (nSPS) is 15.6. The highest BCUT2D eigenvalue weighted by Gasteiger charge is 2.31. The molecule has 7 heteroatoms. The molecular weight excluding hydrogens is 423 g/mol. The van der Waals surface area contributed by atoms with Gasteiger partial charge in [-0.3, -0.25) is 9.78 Å². The zero-order valence-corrected chi connectivity index (χ0v) is 18.5. The van der Waals surface area contributed by atoms with Crippen molar-refractivity contribution >= 4 is 12.0 Å². The Morgan fingerprint density at radius 2 is 1.97 bits per heavy atom. The number of carbonyl (C=O) groups is 1. The van der Waals surface area contributed by atoms with Gasteiger partial charge in [0.2, 0.25) is 5.91 Å². The van der Waals surface area contributed by atoms with E-state index in [2.05, 4.69) is 4.98 Å². The first-order valence-corrected chi connectivity index (χ1v) is 10.7. The molecule has 170 valence electrons. The van der Waals surface area contributed by atoms with Gasteiger partial charge in [0.15, 0.2) is 11.6 Å². The predicted molar refractivity (Wildman–Crippen MR) is 123 cm³/mol. The number of likely N-dealkylation sites (tertiary alicyclic amines) is 1.